The van der Waals surface area contributed by atoms with E-state index in [1.165, 1.54) is 90.5 Å². The quantitative estimate of drug-likeness (QED) is 0.124. The van der Waals surface area contributed by atoms with Crippen molar-refractivity contribution in [2.45, 2.75) is 96.1 Å². The summed E-state index contributed by atoms with van der Waals surface area (Å²) in [7, 11) is 0. The van der Waals surface area contributed by atoms with Crippen molar-refractivity contribution in [2.75, 3.05) is 0 Å². The van der Waals surface area contributed by atoms with Gasteiger partial charge in [0.15, 0.2) is 0 Å². The molecule has 0 N–H and O–H groups in total. The SMILES string of the molecule is CCCCCCCCCCC/C=C/C(=O)N1[C@H](c2ccc3ccccc3c2)CC[C@H]1c1ccc2ccccc2c1. The minimum Gasteiger partial charge on any atom is -0.325 e. The van der Waals surface area contributed by atoms with Gasteiger partial charge in [0.1, 0.15) is 0 Å². The fourth-order valence-corrected chi connectivity index (χ4v) is 6.45. The number of carbonyl (C=O) groups excluding carboxylic acids is 1. The second-order valence-electron chi connectivity index (χ2n) is 11.6. The molecule has 2 atom stereocenters. The Hall–Kier alpha value is -3.39. The van der Waals surface area contributed by atoms with Crippen molar-refractivity contribution >= 4 is 27.5 Å². The molecule has 4 aromatic carbocycles. The zero-order valence-corrected chi connectivity index (χ0v) is 24.2. The van der Waals surface area contributed by atoms with E-state index >= 15 is 0 Å². The van der Waals surface area contributed by atoms with Crippen molar-refractivity contribution in [2.24, 2.45) is 0 Å². The lowest BCUT2D eigenvalue weighted by Gasteiger charge is -2.30. The zero-order valence-electron chi connectivity index (χ0n) is 24.2. The third-order valence-corrected chi connectivity index (χ3v) is 8.69. The Kier molecular flexibility index (Phi) is 10.1. The largest absolute Gasteiger partial charge is 0.325 e. The fourth-order valence-electron chi connectivity index (χ4n) is 6.45. The van der Waals surface area contributed by atoms with Gasteiger partial charge in [0.05, 0.1) is 12.1 Å². The number of rotatable bonds is 13. The topological polar surface area (TPSA) is 20.3 Å². The Balaban J connectivity index is 1.27. The molecular formula is C38H45NO. The first kappa shape index (κ1) is 28.1. The van der Waals surface area contributed by atoms with E-state index in [2.05, 4.69) is 103 Å². The Labute approximate surface area is 241 Å². The maximum absolute atomic E-state index is 13.8. The molecule has 0 spiro atoms. The van der Waals surface area contributed by atoms with Crippen LogP contribution in [-0.2, 0) is 4.79 Å². The van der Waals surface area contributed by atoms with Gasteiger partial charge in [-0.05, 0) is 76.6 Å². The van der Waals surface area contributed by atoms with Crippen LogP contribution in [0.25, 0.3) is 21.5 Å². The number of allylic oxidation sites excluding steroid dienone is 1. The van der Waals surface area contributed by atoms with Crippen molar-refractivity contribution in [1.82, 2.24) is 4.90 Å². The highest BCUT2D eigenvalue weighted by molar-refractivity contribution is 5.89. The van der Waals surface area contributed by atoms with Crippen molar-refractivity contribution in [3.63, 3.8) is 0 Å². The van der Waals surface area contributed by atoms with Gasteiger partial charge in [-0.15, -0.1) is 0 Å². The summed E-state index contributed by atoms with van der Waals surface area (Å²) in [6.07, 6.45) is 18.8. The zero-order chi connectivity index (χ0) is 27.6. The molecule has 1 amide bonds. The second-order valence-corrected chi connectivity index (χ2v) is 11.6. The molecular weight excluding hydrogens is 486 g/mol. The highest BCUT2D eigenvalue weighted by Gasteiger charge is 2.37. The van der Waals surface area contributed by atoms with Gasteiger partial charge in [0, 0.05) is 0 Å². The molecule has 5 rings (SSSR count). The summed E-state index contributed by atoms with van der Waals surface area (Å²) < 4.78 is 0. The van der Waals surface area contributed by atoms with Crippen LogP contribution in [0.1, 0.15) is 107 Å². The number of carbonyl (C=O) groups is 1. The molecule has 1 heterocycles. The molecule has 0 unspecified atom stereocenters. The maximum atomic E-state index is 13.8. The summed E-state index contributed by atoms with van der Waals surface area (Å²) in [5.74, 6) is 0.143. The lowest BCUT2D eigenvalue weighted by atomic mass is 10.00. The monoisotopic (exact) mass is 531 g/mol. The van der Waals surface area contributed by atoms with Gasteiger partial charge in [0.2, 0.25) is 5.91 Å². The maximum Gasteiger partial charge on any atom is 0.247 e. The summed E-state index contributed by atoms with van der Waals surface area (Å²) >= 11 is 0. The molecule has 2 heteroatoms. The van der Waals surface area contributed by atoms with Crippen LogP contribution in [0.5, 0.6) is 0 Å². The first-order valence-corrected chi connectivity index (χ1v) is 15.7. The highest BCUT2D eigenvalue weighted by Crippen LogP contribution is 2.45. The van der Waals surface area contributed by atoms with E-state index in [-0.39, 0.29) is 18.0 Å². The van der Waals surface area contributed by atoms with Gasteiger partial charge in [-0.3, -0.25) is 4.79 Å². The summed E-state index contributed by atoms with van der Waals surface area (Å²) in [6, 6.07) is 30.6. The van der Waals surface area contributed by atoms with Crippen molar-refractivity contribution in [1.29, 1.82) is 0 Å². The van der Waals surface area contributed by atoms with Crippen LogP contribution < -0.4 is 0 Å². The minimum atomic E-state index is 0.0888. The molecule has 1 aliphatic heterocycles. The van der Waals surface area contributed by atoms with Gasteiger partial charge < -0.3 is 4.90 Å². The molecule has 0 bridgehead atoms. The Morgan fingerprint density at radius 2 is 1.12 bits per heavy atom. The number of fused-ring (bicyclic) bond motifs is 2. The smallest absolute Gasteiger partial charge is 0.247 e. The normalized spacial score (nSPS) is 17.4. The van der Waals surface area contributed by atoms with Crippen LogP contribution in [0.4, 0.5) is 0 Å². The molecule has 0 saturated carbocycles. The fraction of sp³-hybridized carbons (Fsp3) is 0.395. The molecule has 0 aromatic heterocycles. The Bertz CT molecular complexity index is 1330. The predicted molar refractivity (Wildman–Crippen MR) is 170 cm³/mol. The van der Waals surface area contributed by atoms with E-state index in [9.17, 15) is 4.79 Å². The second kappa shape index (κ2) is 14.3. The standard InChI is InChI=1S/C38H45NO/c1-2-3-4-5-6-7-8-9-10-11-12-21-38(40)39-36(34-24-22-30-17-13-15-19-32(30)28-34)26-27-37(39)35-25-23-31-18-14-16-20-33(31)29-35/h12-25,28-29,36-37H,2-11,26-27H2,1H3/b21-12+/t36-,37-/m0/s1. The van der Waals surface area contributed by atoms with Gasteiger partial charge in [-0.25, -0.2) is 0 Å². The van der Waals surface area contributed by atoms with Gasteiger partial charge in [-0.2, -0.15) is 0 Å². The summed E-state index contributed by atoms with van der Waals surface area (Å²) in [5, 5.41) is 4.97. The molecule has 0 aliphatic carbocycles. The molecule has 2 nitrogen and oxygen atoms in total. The number of amides is 1. The molecule has 208 valence electrons. The van der Waals surface area contributed by atoms with E-state index in [0.717, 1.165) is 19.3 Å². The van der Waals surface area contributed by atoms with Gasteiger partial charge >= 0.3 is 0 Å². The first-order valence-electron chi connectivity index (χ1n) is 15.7. The Morgan fingerprint density at radius 1 is 0.650 bits per heavy atom. The summed E-state index contributed by atoms with van der Waals surface area (Å²) in [6.45, 7) is 2.27. The van der Waals surface area contributed by atoms with E-state index in [4.69, 9.17) is 0 Å². The van der Waals surface area contributed by atoms with Crippen LogP contribution in [0.2, 0.25) is 0 Å². The van der Waals surface area contributed by atoms with Gasteiger partial charge in [-0.1, -0.05) is 137 Å². The van der Waals surface area contributed by atoms with Crippen molar-refractivity contribution < 1.29 is 4.79 Å². The first-order chi connectivity index (χ1) is 19.7. The third-order valence-electron chi connectivity index (χ3n) is 8.69. The Morgan fingerprint density at radius 3 is 1.65 bits per heavy atom. The number of unbranched alkanes of at least 4 members (excludes halogenated alkanes) is 9. The minimum absolute atomic E-state index is 0.0888. The molecule has 1 aliphatic rings. The lowest BCUT2D eigenvalue weighted by molar-refractivity contribution is -0.129. The van der Waals surface area contributed by atoms with Crippen LogP contribution in [0.15, 0.2) is 97.1 Å². The predicted octanol–water partition coefficient (Wildman–Crippen LogP) is 10.9. The van der Waals surface area contributed by atoms with Gasteiger partial charge in [0.25, 0.3) is 0 Å². The summed E-state index contributed by atoms with van der Waals surface area (Å²) in [4.78, 5) is 16.0. The highest BCUT2D eigenvalue weighted by atomic mass is 16.2. The lowest BCUT2D eigenvalue weighted by Crippen LogP contribution is -2.31. The summed E-state index contributed by atoms with van der Waals surface area (Å²) in [5.41, 5.74) is 2.48. The number of likely N-dealkylation sites (tertiary alicyclic amines) is 1. The molecule has 4 aromatic rings. The average molecular weight is 532 g/mol. The number of nitrogens with zero attached hydrogens (tertiary/aromatic N) is 1. The van der Waals surface area contributed by atoms with E-state index in [1.54, 1.807) is 0 Å². The van der Waals surface area contributed by atoms with Crippen LogP contribution >= 0.6 is 0 Å². The molecule has 40 heavy (non-hydrogen) atoms. The van der Waals surface area contributed by atoms with E-state index < -0.39 is 0 Å². The van der Waals surface area contributed by atoms with E-state index in [0.29, 0.717) is 0 Å². The average Bonchev–Trinajstić information content (AvgIpc) is 3.45. The molecule has 1 saturated heterocycles. The number of benzene rings is 4. The number of hydrogen-bond donors (Lipinski definition) is 0. The molecule has 1 fully saturated rings. The third kappa shape index (κ3) is 7.02. The van der Waals surface area contributed by atoms with Crippen LogP contribution in [0.3, 0.4) is 0 Å². The van der Waals surface area contributed by atoms with E-state index in [1.807, 2.05) is 6.08 Å². The van der Waals surface area contributed by atoms with Crippen LogP contribution in [-0.4, -0.2) is 10.8 Å². The number of hydrogen-bond acceptors (Lipinski definition) is 1. The molecule has 0 radical (unpaired) electrons. The van der Waals surface area contributed by atoms with Crippen LogP contribution in [0, 0.1) is 0 Å². The van der Waals surface area contributed by atoms with Crippen molar-refractivity contribution in [3.05, 3.63) is 108 Å². The van der Waals surface area contributed by atoms with Crippen molar-refractivity contribution in [3.8, 4) is 0 Å².